The standard InChI is InChI=1S/2C7H12O3.C2H5O.In.2H/c2*1-5(2)10-7(9)4-6(3)8;1-2-3;;;/h2*5H,4H2,1-3H3;2H2,1H3;;;/q;;-1;+1;;. The van der Waals surface area contributed by atoms with Crippen LogP contribution in [0.4, 0.5) is 0 Å². The van der Waals surface area contributed by atoms with Gasteiger partial charge in [0.1, 0.15) is 24.4 Å². The zero-order valence-corrected chi connectivity index (χ0v) is 21.8. The molecule has 0 aromatic rings. The average Bonchev–Trinajstić information content (AvgIpc) is 2.35. The molecule has 0 saturated heterocycles. The van der Waals surface area contributed by atoms with Crippen molar-refractivity contribution in [3.05, 3.63) is 0 Å². The van der Waals surface area contributed by atoms with Gasteiger partial charge in [0.15, 0.2) is 0 Å². The Labute approximate surface area is 160 Å². The van der Waals surface area contributed by atoms with Crippen LogP contribution < -0.4 is 0 Å². The van der Waals surface area contributed by atoms with Crippen LogP contribution in [0.2, 0.25) is 0 Å². The molecule has 0 heterocycles. The molecule has 0 unspecified atom stereocenters. The molecular weight excluding hydrogens is 419 g/mol. The maximum absolute atomic E-state index is 10.6. The molecule has 140 valence electrons. The van der Waals surface area contributed by atoms with Crippen molar-refractivity contribution in [2.45, 2.75) is 73.5 Å². The second kappa shape index (κ2) is 18.4. The molecule has 24 heavy (non-hydrogen) atoms. The fourth-order valence-electron chi connectivity index (χ4n) is 1.02. The number of carbonyl (C=O) groups excluding carboxylic acids is 4. The van der Waals surface area contributed by atoms with E-state index < -0.39 is 11.9 Å². The molecule has 0 aliphatic heterocycles. The Morgan fingerprint density at radius 2 is 1.04 bits per heavy atom. The van der Waals surface area contributed by atoms with Gasteiger partial charge >= 0.3 is 53.1 Å². The van der Waals surface area contributed by atoms with Crippen LogP contribution in [0.15, 0.2) is 0 Å². The zero-order valence-electron chi connectivity index (χ0n) is 16.1. The molecule has 0 spiro atoms. The van der Waals surface area contributed by atoms with Gasteiger partial charge in [-0.3, -0.25) is 19.2 Å². The molecule has 0 fully saturated rings. The van der Waals surface area contributed by atoms with Gasteiger partial charge in [-0.25, -0.2) is 0 Å². The molecule has 0 N–H and O–H groups in total. The predicted octanol–water partition coefficient (Wildman–Crippen LogP) is 1.41. The minimum absolute atomic E-state index is 0.113. The van der Waals surface area contributed by atoms with E-state index in [1.807, 2.05) is 6.92 Å². The first-order chi connectivity index (χ1) is 11.0. The average molecular weight is 450 g/mol. The van der Waals surface area contributed by atoms with E-state index in [1.165, 1.54) is 13.8 Å². The van der Waals surface area contributed by atoms with Crippen molar-refractivity contribution in [1.29, 1.82) is 0 Å². The Balaban J connectivity index is -0.000000301. The summed E-state index contributed by atoms with van der Waals surface area (Å²) in [6.07, 6.45) is -0.491. The molecule has 0 aromatic heterocycles. The molecule has 7 nitrogen and oxygen atoms in total. The third-order valence-corrected chi connectivity index (χ3v) is 3.46. The molecule has 0 rings (SSSR count). The molecule has 8 heteroatoms. The predicted molar refractivity (Wildman–Crippen MR) is 93.2 cm³/mol. The Hall–Kier alpha value is -0.890. The van der Waals surface area contributed by atoms with Crippen LogP contribution in [0.1, 0.15) is 61.3 Å². The summed E-state index contributed by atoms with van der Waals surface area (Å²) in [6, 6.07) is 0. The van der Waals surface area contributed by atoms with E-state index in [0.717, 1.165) is 6.61 Å². The third-order valence-electron chi connectivity index (χ3n) is 1.81. The van der Waals surface area contributed by atoms with E-state index in [4.69, 9.17) is 12.3 Å². The van der Waals surface area contributed by atoms with Crippen molar-refractivity contribution >= 4 is 48.3 Å². The van der Waals surface area contributed by atoms with Crippen LogP contribution in [0, 0.1) is 0 Å². The first-order valence-corrected chi connectivity index (χ1v) is 10.2. The van der Waals surface area contributed by atoms with Crippen molar-refractivity contribution in [1.82, 2.24) is 0 Å². The van der Waals surface area contributed by atoms with Gasteiger partial charge < -0.3 is 9.47 Å². The molecule has 0 radical (unpaired) electrons. The van der Waals surface area contributed by atoms with Gasteiger partial charge in [0.25, 0.3) is 0 Å². The summed E-state index contributed by atoms with van der Waals surface area (Å²) in [6.45, 7) is 12.6. The van der Waals surface area contributed by atoms with Crippen LogP contribution >= 0.6 is 0 Å². The Morgan fingerprint density at radius 3 is 1.17 bits per heavy atom. The second-order valence-electron chi connectivity index (χ2n) is 5.41. The second-order valence-corrected chi connectivity index (χ2v) is 7.06. The SMILES string of the molecule is CC(=O)CC(=O)OC(C)C.CC(=O)CC(=O)OC(C)C.CC[O][InH2]. The van der Waals surface area contributed by atoms with Crippen molar-refractivity contribution in [2.24, 2.45) is 0 Å². The monoisotopic (exact) mass is 450 g/mol. The van der Waals surface area contributed by atoms with Crippen molar-refractivity contribution in [3.63, 3.8) is 0 Å². The number of ether oxygens (including phenoxy) is 2. The first-order valence-electron chi connectivity index (χ1n) is 7.82. The number of Topliss-reactive ketones (excluding diaryl/α,β-unsaturated/α-hetero) is 2. The number of hydrogen-bond acceptors (Lipinski definition) is 7. The van der Waals surface area contributed by atoms with Gasteiger partial charge in [-0.05, 0) is 41.5 Å². The maximum atomic E-state index is 10.6. The third kappa shape index (κ3) is 32.9. The first kappa shape index (κ1) is 27.9. The van der Waals surface area contributed by atoms with Crippen molar-refractivity contribution < 1.29 is 31.5 Å². The number of ketones is 2. The van der Waals surface area contributed by atoms with Gasteiger partial charge in [0.05, 0.1) is 12.2 Å². The fraction of sp³-hybridized carbons (Fsp3) is 0.750. The van der Waals surface area contributed by atoms with Crippen LogP contribution in [0.25, 0.3) is 0 Å². The topological polar surface area (TPSA) is 96.0 Å². The molecule has 0 amide bonds. The molecule has 0 aliphatic carbocycles. The molecule has 0 bridgehead atoms. The van der Waals surface area contributed by atoms with Gasteiger partial charge in [0.2, 0.25) is 0 Å². The van der Waals surface area contributed by atoms with Crippen LogP contribution in [0.5, 0.6) is 0 Å². The summed E-state index contributed by atoms with van der Waals surface area (Å²) in [5.41, 5.74) is 0. The van der Waals surface area contributed by atoms with Crippen LogP contribution in [0.3, 0.4) is 0 Å². The fourth-order valence-corrected chi connectivity index (χ4v) is 1.02. The van der Waals surface area contributed by atoms with Gasteiger partial charge in [-0.2, -0.15) is 0 Å². The van der Waals surface area contributed by atoms with Crippen LogP contribution in [-0.4, -0.2) is 67.1 Å². The van der Waals surface area contributed by atoms with E-state index >= 15 is 0 Å². The number of carbonyl (C=O) groups is 4. The molecular formula is C16H31InO7. The molecule has 0 atom stereocenters. The summed E-state index contributed by atoms with van der Waals surface area (Å²) < 4.78 is 14.2. The molecule has 0 aliphatic rings. The Morgan fingerprint density at radius 1 is 0.792 bits per heavy atom. The van der Waals surface area contributed by atoms with Gasteiger partial charge in [-0.1, -0.05) is 0 Å². The quantitative estimate of drug-likeness (QED) is 0.428. The van der Waals surface area contributed by atoms with E-state index in [0.29, 0.717) is 24.8 Å². The van der Waals surface area contributed by atoms with Crippen molar-refractivity contribution in [3.8, 4) is 0 Å². The van der Waals surface area contributed by atoms with Crippen molar-refractivity contribution in [2.75, 3.05) is 6.61 Å². The summed E-state index contributed by atoms with van der Waals surface area (Å²) in [5.74, 6) is -1.21. The minimum atomic E-state index is -0.442. The number of rotatable bonds is 7. The normalized spacial score (nSPS) is 9.21. The Bertz CT molecular complexity index is 343. The van der Waals surface area contributed by atoms with E-state index in [2.05, 4.69) is 0 Å². The van der Waals surface area contributed by atoms with E-state index in [9.17, 15) is 19.2 Å². The zero-order chi connectivity index (χ0) is 19.7. The summed E-state index contributed by atoms with van der Waals surface area (Å²) >= 11 is 0.485. The van der Waals surface area contributed by atoms with E-state index in [1.54, 1.807) is 27.7 Å². The van der Waals surface area contributed by atoms with Gasteiger partial charge in [-0.15, -0.1) is 0 Å². The Kier molecular flexibility index (Phi) is 21.5. The van der Waals surface area contributed by atoms with E-state index in [-0.39, 0.29) is 36.6 Å². The molecule has 0 aromatic carbocycles. The number of hydrogen-bond donors (Lipinski definition) is 0. The number of esters is 2. The van der Waals surface area contributed by atoms with Gasteiger partial charge in [0, 0.05) is 0 Å². The van der Waals surface area contributed by atoms with Crippen LogP contribution in [-0.2, 0) is 31.5 Å². The summed E-state index contributed by atoms with van der Waals surface area (Å²) in [4.78, 5) is 41.9. The molecule has 0 saturated carbocycles. The summed E-state index contributed by atoms with van der Waals surface area (Å²) in [5, 5.41) is 0. The summed E-state index contributed by atoms with van der Waals surface area (Å²) in [7, 11) is 0.